The fraction of sp³-hybridized carbons (Fsp3) is 0.565. The topological polar surface area (TPSA) is 97.9 Å². The Morgan fingerprint density at radius 3 is 2.44 bits per heavy atom. The van der Waals surface area contributed by atoms with Crippen LogP contribution in [-0.4, -0.2) is 43.9 Å². The number of thiazole rings is 1. The van der Waals surface area contributed by atoms with E-state index in [-0.39, 0.29) is 29.1 Å². The molecule has 1 amide bonds. The summed E-state index contributed by atoms with van der Waals surface area (Å²) < 4.78 is 36.8. The highest BCUT2D eigenvalue weighted by Gasteiger charge is 2.66. The molecule has 32 heavy (non-hydrogen) atoms. The first-order valence-electron chi connectivity index (χ1n) is 11.2. The Balaban J connectivity index is 1.43. The van der Waals surface area contributed by atoms with Crippen LogP contribution in [0, 0.1) is 5.92 Å². The number of carbonyl (C=O) groups is 1. The number of epoxide rings is 1. The number of benzene rings is 1. The molecule has 2 aliphatic heterocycles. The van der Waals surface area contributed by atoms with Crippen molar-refractivity contribution in [3.8, 4) is 0 Å². The molecule has 2 atom stereocenters. The molecule has 3 heterocycles. The summed E-state index contributed by atoms with van der Waals surface area (Å²) in [4.78, 5) is 18.3. The molecule has 0 spiro atoms. The number of amides is 1. The van der Waals surface area contributed by atoms with E-state index in [1.807, 2.05) is 5.38 Å². The summed E-state index contributed by atoms with van der Waals surface area (Å²) in [6.07, 6.45) is 2.85. The Morgan fingerprint density at radius 1 is 1.16 bits per heavy atom. The lowest BCUT2D eigenvalue weighted by molar-refractivity contribution is -0.121. The Hall–Kier alpha value is -1.81. The van der Waals surface area contributed by atoms with Crippen LogP contribution in [0.15, 0.2) is 34.5 Å². The van der Waals surface area contributed by atoms with Gasteiger partial charge in [-0.25, -0.2) is 13.4 Å². The fourth-order valence-corrected chi connectivity index (χ4v) is 6.94. The van der Waals surface area contributed by atoms with E-state index in [2.05, 4.69) is 24.1 Å². The molecule has 2 aromatic rings. The van der Waals surface area contributed by atoms with Crippen molar-refractivity contribution >= 4 is 32.2 Å². The first-order chi connectivity index (χ1) is 15.3. The van der Waals surface area contributed by atoms with E-state index in [1.165, 1.54) is 11.3 Å². The van der Waals surface area contributed by atoms with Crippen LogP contribution >= 0.6 is 11.3 Å². The van der Waals surface area contributed by atoms with Crippen molar-refractivity contribution in [1.82, 2.24) is 4.98 Å². The van der Waals surface area contributed by atoms with Crippen LogP contribution in [0.3, 0.4) is 0 Å². The van der Waals surface area contributed by atoms with Gasteiger partial charge in [-0.2, -0.15) is 0 Å². The van der Waals surface area contributed by atoms with Gasteiger partial charge in [-0.3, -0.25) is 10.1 Å². The second-order valence-corrected chi connectivity index (χ2v) is 12.3. The summed E-state index contributed by atoms with van der Waals surface area (Å²) in [6, 6.07) is 6.69. The van der Waals surface area contributed by atoms with Gasteiger partial charge in [0.25, 0.3) is 5.91 Å². The van der Waals surface area contributed by atoms with Gasteiger partial charge in [0, 0.05) is 18.6 Å². The van der Waals surface area contributed by atoms with Crippen molar-refractivity contribution in [2.75, 3.05) is 18.5 Å². The van der Waals surface area contributed by atoms with Crippen LogP contribution in [-0.2, 0) is 29.7 Å². The van der Waals surface area contributed by atoms with Crippen LogP contribution in [0.1, 0.15) is 56.7 Å². The van der Waals surface area contributed by atoms with Crippen LogP contribution in [0.4, 0.5) is 5.13 Å². The molecule has 1 aliphatic carbocycles. The fourth-order valence-electron chi connectivity index (χ4n) is 4.42. The van der Waals surface area contributed by atoms with E-state index in [4.69, 9.17) is 9.47 Å². The van der Waals surface area contributed by atoms with Crippen molar-refractivity contribution in [1.29, 1.82) is 0 Å². The van der Waals surface area contributed by atoms with E-state index in [0.717, 1.165) is 31.4 Å². The highest BCUT2D eigenvalue weighted by atomic mass is 32.2. The minimum absolute atomic E-state index is 0.215. The molecular weight excluding hydrogens is 448 g/mol. The monoisotopic (exact) mass is 476 g/mol. The van der Waals surface area contributed by atoms with Gasteiger partial charge >= 0.3 is 0 Å². The molecule has 172 valence electrons. The van der Waals surface area contributed by atoms with Crippen molar-refractivity contribution in [3.63, 3.8) is 0 Å². The zero-order valence-electron chi connectivity index (χ0n) is 18.2. The number of sulfone groups is 1. The quantitative estimate of drug-likeness (QED) is 0.610. The number of rotatable bonds is 7. The molecule has 1 aromatic carbocycles. The Labute approximate surface area is 192 Å². The van der Waals surface area contributed by atoms with Gasteiger partial charge in [0.15, 0.2) is 20.6 Å². The Morgan fingerprint density at radius 2 is 1.84 bits per heavy atom. The summed E-state index contributed by atoms with van der Waals surface area (Å²) in [5.74, 6) is 0.238. The van der Waals surface area contributed by atoms with Crippen molar-refractivity contribution < 1.29 is 22.7 Å². The molecule has 3 aliphatic rings. The second kappa shape index (κ2) is 8.20. The van der Waals surface area contributed by atoms with E-state index in [9.17, 15) is 13.2 Å². The molecule has 0 radical (unpaired) electrons. The third kappa shape index (κ3) is 3.89. The Bertz CT molecular complexity index is 1100. The molecule has 0 bridgehead atoms. The van der Waals surface area contributed by atoms with Crippen LogP contribution in [0.5, 0.6) is 0 Å². The number of ether oxygens (including phenoxy) is 2. The van der Waals surface area contributed by atoms with Crippen molar-refractivity contribution in [2.45, 2.75) is 67.3 Å². The lowest BCUT2D eigenvalue weighted by Crippen LogP contribution is -2.35. The van der Waals surface area contributed by atoms with Gasteiger partial charge in [0.1, 0.15) is 6.10 Å². The standard InChI is InChI=1S/C23H28N2O5S2/c1-14(2)19-13-31-22(24-19)25-21(26)23(20(30-23)15-9-11-29-12-10-15)16-3-5-17(6-4-16)32(27,28)18-7-8-18/h3-6,13-15,18,20H,7-12H2,1-2H3,(H,24,25,26)/t20-,23+/m0/s1. The summed E-state index contributed by atoms with van der Waals surface area (Å²) in [7, 11) is -3.28. The predicted molar refractivity (Wildman–Crippen MR) is 122 cm³/mol. The lowest BCUT2D eigenvalue weighted by atomic mass is 9.84. The summed E-state index contributed by atoms with van der Waals surface area (Å²) in [5, 5.41) is 5.19. The van der Waals surface area contributed by atoms with E-state index in [0.29, 0.717) is 28.8 Å². The van der Waals surface area contributed by atoms with Gasteiger partial charge < -0.3 is 9.47 Å². The molecule has 2 saturated heterocycles. The third-order valence-corrected chi connectivity index (χ3v) is 9.65. The SMILES string of the molecule is CC(C)c1csc(NC(=O)[C@]2(c3ccc(S(=O)(=O)C4CC4)cc3)O[C@H]2C2CCOCC2)n1. The Kier molecular flexibility index (Phi) is 5.64. The second-order valence-electron chi connectivity index (χ2n) is 9.18. The normalized spacial score (nSPS) is 26.3. The molecule has 3 fully saturated rings. The molecule has 0 unspecified atom stereocenters. The highest BCUT2D eigenvalue weighted by Crippen LogP contribution is 2.53. The third-order valence-electron chi connectivity index (χ3n) is 6.60. The van der Waals surface area contributed by atoms with Crippen molar-refractivity contribution in [2.24, 2.45) is 5.92 Å². The van der Waals surface area contributed by atoms with E-state index < -0.39 is 15.4 Å². The number of nitrogens with one attached hydrogen (secondary N) is 1. The number of carbonyl (C=O) groups excluding carboxylic acids is 1. The van der Waals surface area contributed by atoms with Crippen LogP contribution in [0.2, 0.25) is 0 Å². The van der Waals surface area contributed by atoms with Crippen molar-refractivity contribution in [3.05, 3.63) is 40.9 Å². The largest absolute Gasteiger partial charge is 0.381 e. The highest BCUT2D eigenvalue weighted by molar-refractivity contribution is 7.92. The van der Waals surface area contributed by atoms with Gasteiger partial charge in [-0.15, -0.1) is 11.3 Å². The summed E-state index contributed by atoms with van der Waals surface area (Å²) in [6.45, 7) is 5.44. The number of anilines is 1. The minimum atomic E-state index is -3.28. The van der Waals surface area contributed by atoms with Gasteiger partial charge in [0.05, 0.1) is 15.8 Å². The molecular formula is C23H28N2O5S2. The molecule has 1 aromatic heterocycles. The zero-order chi connectivity index (χ0) is 22.5. The molecule has 7 nitrogen and oxygen atoms in total. The number of nitrogens with zero attached hydrogens (tertiary/aromatic N) is 1. The maximum atomic E-state index is 13.5. The van der Waals surface area contributed by atoms with E-state index >= 15 is 0 Å². The number of hydrogen-bond acceptors (Lipinski definition) is 7. The predicted octanol–water partition coefficient (Wildman–Crippen LogP) is 3.86. The number of hydrogen-bond donors (Lipinski definition) is 1. The van der Waals surface area contributed by atoms with Crippen LogP contribution in [0.25, 0.3) is 0 Å². The average molecular weight is 477 g/mol. The first-order valence-corrected chi connectivity index (χ1v) is 13.6. The molecule has 5 rings (SSSR count). The summed E-state index contributed by atoms with van der Waals surface area (Å²) >= 11 is 1.40. The summed E-state index contributed by atoms with van der Waals surface area (Å²) in [5.41, 5.74) is 0.488. The van der Waals surface area contributed by atoms with Crippen LogP contribution < -0.4 is 5.32 Å². The average Bonchev–Trinajstić information content (AvgIpc) is 3.71. The van der Waals surface area contributed by atoms with E-state index in [1.54, 1.807) is 24.3 Å². The molecule has 1 saturated carbocycles. The zero-order valence-corrected chi connectivity index (χ0v) is 19.9. The lowest BCUT2D eigenvalue weighted by Gasteiger charge is -2.22. The molecule has 9 heteroatoms. The smallest absolute Gasteiger partial charge is 0.265 e. The maximum Gasteiger partial charge on any atom is 0.265 e. The minimum Gasteiger partial charge on any atom is -0.381 e. The number of aromatic nitrogens is 1. The molecule has 1 N–H and O–H groups in total. The van der Waals surface area contributed by atoms with Gasteiger partial charge in [0.2, 0.25) is 0 Å². The van der Waals surface area contributed by atoms with Gasteiger partial charge in [-0.1, -0.05) is 26.0 Å². The maximum absolute atomic E-state index is 13.5. The first kappa shape index (κ1) is 22.0. The van der Waals surface area contributed by atoms with Gasteiger partial charge in [-0.05, 0) is 55.2 Å².